The van der Waals surface area contributed by atoms with Crippen LogP contribution >= 0.6 is 0 Å². The number of carbonyl (C=O) groups is 2. The van der Waals surface area contributed by atoms with Crippen molar-refractivity contribution in [3.05, 3.63) is 75.2 Å². The van der Waals surface area contributed by atoms with Crippen LogP contribution in [-0.4, -0.2) is 38.0 Å². The number of hydrogen-bond acceptors (Lipinski definition) is 5. The first-order valence-electron chi connectivity index (χ1n) is 9.31. The lowest BCUT2D eigenvalue weighted by atomic mass is 10.1. The van der Waals surface area contributed by atoms with Crippen LogP contribution in [0.4, 0.5) is 0 Å². The van der Waals surface area contributed by atoms with Gasteiger partial charge in [-0.25, -0.2) is 13.1 Å². The fourth-order valence-corrected chi connectivity index (χ4v) is 4.10. The van der Waals surface area contributed by atoms with Crippen LogP contribution in [0.1, 0.15) is 33.5 Å². The van der Waals surface area contributed by atoms with E-state index in [0.717, 1.165) is 11.1 Å². The Bertz CT molecular complexity index is 1090. The summed E-state index contributed by atoms with van der Waals surface area (Å²) in [6.07, 6.45) is -0.386. The average Bonchev–Trinajstić information content (AvgIpc) is 2.69. The van der Waals surface area contributed by atoms with E-state index in [2.05, 4.69) is 20.1 Å². The summed E-state index contributed by atoms with van der Waals surface area (Å²) in [5, 5.41) is 14.7. The number of nitrogens with one attached hydrogen (secondary N) is 2. The zero-order chi connectivity index (χ0) is 23.0. The van der Waals surface area contributed by atoms with Crippen molar-refractivity contribution in [2.24, 2.45) is 5.11 Å². The van der Waals surface area contributed by atoms with Gasteiger partial charge in [-0.3, -0.25) is 9.59 Å². The predicted molar refractivity (Wildman–Crippen MR) is 114 cm³/mol. The van der Waals surface area contributed by atoms with Crippen molar-refractivity contribution in [3.8, 4) is 0 Å². The summed E-state index contributed by atoms with van der Waals surface area (Å²) >= 11 is 0. The molecule has 0 aliphatic rings. The molecule has 10 nitrogen and oxygen atoms in total. The number of rotatable bonds is 10. The zero-order valence-corrected chi connectivity index (χ0v) is 17.9. The number of aryl methyl sites for hydroxylation is 2. The quantitative estimate of drug-likeness (QED) is 0.290. The van der Waals surface area contributed by atoms with Gasteiger partial charge in [0.2, 0.25) is 10.0 Å². The van der Waals surface area contributed by atoms with Gasteiger partial charge in [0.1, 0.15) is 0 Å². The van der Waals surface area contributed by atoms with Crippen LogP contribution in [0, 0.1) is 13.8 Å². The van der Waals surface area contributed by atoms with E-state index < -0.39 is 27.9 Å². The molecule has 31 heavy (non-hydrogen) atoms. The Hall–Kier alpha value is -3.40. The summed E-state index contributed by atoms with van der Waals surface area (Å²) in [6.45, 7) is 3.50. The topological polar surface area (TPSA) is 161 Å². The first kappa shape index (κ1) is 23.9. The molecule has 0 aliphatic carbocycles. The van der Waals surface area contributed by atoms with Crippen LogP contribution in [-0.2, 0) is 21.4 Å². The Balaban J connectivity index is 2.03. The SMILES string of the molecule is Cc1cc(C)cc(S(=O)(=O)NCc2ccc(C(=O)N[C@H](CN=[N+]=[N-])CC(=O)O)cc2)c1. The van der Waals surface area contributed by atoms with Gasteiger partial charge in [-0.05, 0) is 60.3 Å². The van der Waals surface area contributed by atoms with Crippen molar-refractivity contribution in [2.75, 3.05) is 6.54 Å². The van der Waals surface area contributed by atoms with Crippen LogP contribution in [0.25, 0.3) is 10.4 Å². The molecule has 0 saturated carbocycles. The molecule has 0 bridgehead atoms. The standard InChI is InChI=1S/C20H23N5O5S/c1-13-7-14(2)9-18(8-13)31(29,30)23-11-15-3-5-16(6-4-15)20(28)24-17(10-19(26)27)12-22-25-21/h3-9,17,23H,10-12H2,1-2H3,(H,24,28)(H,26,27)/t17-/m0/s1. The van der Waals surface area contributed by atoms with Gasteiger partial charge in [0, 0.05) is 29.6 Å². The third kappa shape index (κ3) is 7.41. The van der Waals surface area contributed by atoms with Gasteiger partial charge in [0.25, 0.3) is 5.91 Å². The largest absolute Gasteiger partial charge is 0.481 e. The van der Waals surface area contributed by atoms with Gasteiger partial charge in [0.05, 0.1) is 11.3 Å². The minimum absolute atomic E-state index is 0.0374. The number of nitrogens with zero attached hydrogens (tertiary/aromatic N) is 3. The van der Waals surface area contributed by atoms with Gasteiger partial charge in [-0.1, -0.05) is 23.3 Å². The van der Waals surface area contributed by atoms with Crippen LogP contribution in [0.5, 0.6) is 0 Å². The molecule has 0 radical (unpaired) electrons. The molecule has 0 aliphatic heterocycles. The summed E-state index contributed by atoms with van der Waals surface area (Å²) in [7, 11) is -3.69. The molecule has 164 valence electrons. The third-order valence-electron chi connectivity index (χ3n) is 4.31. The van der Waals surface area contributed by atoms with Crippen LogP contribution in [0.15, 0.2) is 52.5 Å². The second-order valence-electron chi connectivity index (χ2n) is 7.03. The molecule has 2 aromatic carbocycles. The Labute approximate surface area is 180 Å². The highest BCUT2D eigenvalue weighted by Gasteiger charge is 2.17. The molecule has 0 spiro atoms. The number of carboxylic acids is 1. The van der Waals surface area contributed by atoms with Crippen molar-refractivity contribution >= 4 is 21.9 Å². The number of carbonyl (C=O) groups excluding carboxylic acids is 1. The smallest absolute Gasteiger partial charge is 0.305 e. The lowest BCUT2D eigenvalue weighted by Gasteiger charge is -2.14. The van der Waals surface area contributed by atoms with Crippen molar-refractivity contribution in [2.45, 2.75) is 37.8 Å². The molecule has 0 aromatic heterocycles. The highest BCUT2D eigenvalue weighted by Crippen LogP contribution is 2.15. The molecule has 0 saturated heterocycles. The zero-order valence-electron chi connectivity index (χ0n) is 17.1. The molecule has 0 fully saturated rings. The van der Waals surface area contributed by atoms with Gasteiger partial charge < -0.3 is 10.4 Å². The van der Waals surface area contributed by atoms with Gasteiger partial charge in [-0.15, -0.1) is 0 Å². The van der Waals surface area contributed by atoms with Crippen LogP contribution in [0.3, 0.4) is 0 Å². The molecule has 0 unspecified atom stereocenters. The van der Waals surface area contributed by atoms with Crippen LogP contribution in [0.2, 0.25) is 0 Å². The molecular weight excluding hydrogens is 422 g/mol. The third-order valence-corrected chi connectivity index (χ3v) is 5.69. The summed E-state index contributed by atoms with van der Waals surface area (Å²) in [6, 6.07) is 10.4. The van der Waals surface area contributed by atoms with E-state index in [1.165, 1.54) is 12.1 Å². The number of carboxylic acid groups (broad SMARTS) is 1. The van der Waals surface area contributed by atoms with E-state index >= 15 is 0 Å². The normalized spacial score (nSPS) is 11.9. The van der Waals surface area contributed by atoms with E-state index in [9.17, 15) is 18.0 Å². The number of sulfonamides is 1. The lowest BCUT2D eigenvalue weighted by Crippen LogP contribution is -2.38. The monoisotopic (exact) mass is 445 g/mol. The second kappa shape index (κ2) is 10.6. The van der Waals surface area contributed by atoms with Gasteiger partial charge in [0.15, 0.2) is 0 Å². The summed E-state index contributed by atoms with van der Waals surface area (Å²) in [5.74, 6) is -1.66. The second-order valence-corrected chi connectivity index (χ2v) is 8.79. The van der Waals surface area contributed by atoms with Gasteiger partial charge in [-0.2, -0.15) is 0 Å². The molecule has 3 N–H and O–H groups in total. The molecular formula is C20H23N5O5S. The molecule has 1 amide bonds. The molecule has 2 aromatic rings. The van der Waals surface area contributed by atoms with Crippen molar-refractivity contribution < 1.29 is 23.1 Å². The number of aliphatic carboxylic acids is 1. The number of hydrogen-bond donors (Lipinski definition) is 3. The minimum Gasteiger partial charge on any atom is -0.481 e. The molecule has 1 atom stereocenters. The number of amides is 1. The van der Waals surface area contributed by atoms with E-state index in [1.54, 1.807) is 24.3 Å². The predicted octanol–water partition coefficient (Wildman–Crippen LogP) is 2.67. The maximum atomic E-state index is 12.5. The summed E-state index contributed by atoms with van der Waals surface area (Å²) in [5.41, 5.74) is 11.0. The van der Waals surface area contributed by atoms with Crippen molar-refractivity contribution in [1.29, 1.82) is 0 Å². The molecule has 0 heterocycles. The van der Waals surface area contributed by atoms with Gasteiger partial charge >= 0.3 is 5.97 Å². The fourth-order valence-electron chi connectivity index (χ4n) is 2.90. The Morgan fingerprint density at radius 2 is 1.74 bits per heavy atom. The van der Waals surface area contributed by atoms with Crippen LogP contribution < -0.4 is 10.0 Å². The maximum absolute atomic E-state index is 12.5. The molecule has 11 heteroatoms. The van der Waals surface area contributed by atoms with Crippen molar-refractivity contribution in [1.82, 2.24) is 10.0 Å². The lowest BCUT2D eigenvalue weighted by molar-refractivity contribution is -0.137. The Morgan fingerprint density at radius 1 is 1.13 bits per heavy atom. The van der Waals surface area contributed by atoms with Crippen molar-refractivity contribution in [3.63, 3.8) is 0 Å². The minimum atomic E-state index is -3.69. The van der Waals surface area contributed by atoms with E-state index in [1.807, 2.05) is 19.9 Å². The Kier molecular flexibility index (Phi) is 8.14. The molecule has 2 rings (SSSR count). The summed E-state index contributed by atoms with van der Waals surface area (Å²) in [4.78, 5) is 26.0. The van der Waals surface area contributed by atoms with E-state index in [4.69, 9.17) is 10.6 Å². The first-order valence-corrected chi connectivity index (χ1v) is 10.8. The highest BCUT2D eigenvalue weighted by atomic mass is 32.2. The first-order chi connectivity index (χ1) is 14.6. The summed E-state index contributed by atoms with van der Waals surface area (Å²) < 4.78 is 27.6. The number of azide groups is 1. The average molecular weight is 446 g/mol. The maximum Gasteiger partial charge on any atom is 0.305 e. The fraction of sp³-hybridized carbons (Fsp3) is 0.300. The highest BCUT2D eigenvalue weighted by molar-refractivity contribution is 7.89. The van der Waals surface area contributed by atoms with E-state index in [0.29, 0.717) is 5.56 Å². The van der Waals surface area contributed by atoms with E-state index in [-0.39, 0.29) is 30.0 Å². The Morgan fingerprint density at radius 3 is 2.29 bits per heavy atom. The number of benzene rings is 2.